The Morgan fingerprint density at radius 3 is 2.59 bits per heavy atom. The number of likely N-dealkylation sites (N-methyl/N-ethyl adjacent to an activating group) is 1. The number of halogens is 1. The number of carbonyl (C=O) groups excluding carboxylic acids is 3. The molecule has 0 spiro atoms. The van der Waals surface area contributed by atoms with Crippen LogP contribution in [-0.2, 0) is 9.53 Å². The number of rotatable bonds is 6. The molecule has 1 saturated heterocycles. The molecule has 2 aliphatic rings. The maximum absolute atomic E-state index is 14.2. The second-order valence-corrected chi connectivity index (χ2v) is 9.34. The normalized spacial score (nSPS) is 18.9. The second kappa shape index (κ2) is 11.6. The molecule has 37 heavy (non-hydrogen) atoms. The van der Waals surface area contributed by atoms with Gasteiger partial charge < -0.3 is 15.0 Å². The highest BCUT2D eigenvalue weighted by Gasteiger charge is 2.37. The van der Waals surface area contributed by atoms with E-state index in [-0.39, 0.29) is 24.1 Å². The zero-order valence-corrected chi connectivity index (χ0v) is 21.5. The molecule has 8 nitrogen and oxygen atoms in total. The third-order valence-electron chi connectivity index (χ3n) is 6.80. The number of hydrogen-bond donors (Lipinski definition) is 1. The van der Waals surface area contributed by atoms with E-state index in [9.17, 15) is 18.8 Å². The highest BCUT2D eigenvalue weighted by Crippen LogP contribution is 2.32. The van der Waals surface area contributed by atoms with Crippen LogP contribution in [0.5, 0.6) is 0 Å². The first-order chi connectivity index (χ1) is 17.8. The summed E-state index contributed by atoms with van der Waals surface area (Å²) in [6.07, 6.45) is 0.680. The van der Waals surface area contributed by atoms with Crippen molar-refractivity contribution in [1.29, 1.82) is 0 Å². The molecule has 0 aromatic heterocycles. The number of aryl methyl sites for hydroxylation is 1. The van der Waals surface area contributed by atoms with Gasteiger partial charge in [0.2, 0.25) is 0 Å². The summed E-state index contributed by atoms with van der Waals surface area (Å²) in [6, 6.07) is 12.7. The Morgan fingerprint density at radius 1 is 1.08 bits per heavy atom. The Hall–Kier alpha value is -3.72. The molecule has 2 aromatic carbocycles. The molecular formula is C28H33FN4O4. The standard InChI is InChI=1S/C28H33FN4O4/c1-4-37-27(35)24-23(31(3)28(36)30-25(24)20-10-7-9-19(2)17-20)18-32-13-8-14-33(16-15-32)26(34)21-11-5-6-12-22(21)29/h5-7,9-12,17,25H,4,8,13-16,18H2,1-3H3,(H,30,36). The summed E-state index contributed by atoms with van der Waals surface area (Å²) < 4.78 is 19.6. The zero-order chi connectivity index (χ0) is 26.5. The number of urea groups is 1. The van der Waals surface area contributed by atoms with E-state index in [1.165, 1.54) is 17.0 Å². The van der Waals surface area contributed by atoms with Crippen molar-refractivity contribution in [3.8, 4) is 0 Å². The van der Waals surface area contributed by atoms with E-state index in [0.717, 1.165) is 11.1 Å². The molecule has 0 bridgehead atoms. The molecule has 1 fully saturated rings. The molecule has 0 radical (unpaired) electrons. The van der Waals surface area contributed by atoms with E-state index in [1.54, 1.807) is 31.0 Å². The Bertz CT molecular complexity index is 1210. The van der Waals surface area contributed by atoms with Crippen molar-refractivity contribution in [3.63, 3.8) is 0 Å². The number of esters is 1. The van der Waals surface area contributed by atoms with Crippen LogP contribution >= 0.6 is 0 Å². The fourth-order valence-electron chi connectivity index (χ4n) is 4.85. The predicted octanol–water partition coefficient (Wildman–Crippen LogP) is 3.50. The van der Waals surface area contributed by atoms with Crippen LogP contribution < -0.4 is 5.32 Å². The van der Waals surface area contributed by atoms with Crippen molar-refractivity contribution in [2.75, 3.05) is 46.4 Å². The quantitative estimate of drug-likeness (QED) is 0.604. The molecule has 9 heteroatoms. The van der Waals surface area contributed by atoms with Crippen molar-refractivity contribution < 1.29 is 23.5 Å². The van der Waals surface area contributed by atoms with Crippen molar-refractivity contribution >= 4 is 17.9 Å². The summed E-state index contributed by atoms with van der Waals surface area (Å²) in [4.78, 5) is 44.3. The van der Waals surface area contributed by atoms with E-state index in [0.29, 0.717) is 50.4 Å². The van der Waals surface area contributed by atoms with Gasteiger partial charge in [0.05, 0.1) is 23.8 Å². The van der Waals surface area contributed by atoms with E-state index < -0.39 is 17.8 Å². The maximum atomic E-state index is 14.2. The minimum absolute atomic E-state index is 0.0629. The van der Waals surface area contributed by atoms with Crippen LogP contribution in [0.4, 0.5) is 9.18 Å². The maximum Gasteiger partial charge on any atom is 0.338 e. The van der Waals surface area contributed by atoms with Crippen molar-refractivity contribution in [2.45, 2.75) is 26.3 Å². The topological polar surface area (TPSA) is 82.2 Å². The summed E-state index contributed by atoms with van der Waals surface area (Å²) in [5.74, 6) is -1.34. The third-order valence-corrected chi connectivity index (χ3v) is 6.80. The van der Waals surface area contributed by atoms with Crippen LogP contribution in [0.1, 0.15) is 40.9 Å². The van der Waals surface area contributed by atoms with E-state index >= 15 is 0 Å². The first-order valence-electron chi connectivity index (χ1n) is 12.6. The smallest absolute Gasteiger partial charge is 0.338 e. The van der Waals surface area contributed by atoms with Gasteiger partial charge in [-0.05, 0) is 38.0 Å². The summed E-state index contributed by atoms with van der Waals surface area (Å²) in [5.41, 5.74) is 2.86. The monoisotopic (exact) mass is 508 g/mol. The number of nitrogens with zero attached hydrogens (tertiary/aromatic N) is 3. The summed E-state index contributed by atoms with van der Waals surface area (Å²) in [7, 11) is 1.64. The van der Waals surface area contributed by atoms with E-state index in [2.05, 4.69) is 10.2 Å². The number of carbonyl (C=O) groups is 3. The van der Waals surface area contributed by atoms with Gasteiger partial charge in [-0.25, -0.2) is 14.0 Å². The van der Waals surface area contributed by atoms with Crippen LogP contribution in [-0.4, -0.2) is 79.0 Å². The van der Waals surface area contributed by atoms with Gasteiger partial charge >= 0.3 is 12.0 Å². The van der Waals surface area contributed by atoms with Crippen molar-refractivity contribution in [3.05, 3.63) is 82.3 Å². The largest absolute Gasteiger partial charge is 0.463 e. The lowest BCUT2D eigenvalue weighted by molar-refractivity contribution is -0.139. The van der Waals surface area contributed by atoms with Gasteiger partial charge in [0.15, 0.2) is 0 Å². The Morgan fingerprint density at radius 2 is 1.86 bits per heavy atom. The van der Waals surface area contributed by atoms with Crippen molar-refractivity contribution in [1.82, 2.24) is 20.0 Å². The molecule has 2 heterocycles. The summed E-state index contributed by atoms with van der Waals surface area (Å²) in [6.45, 7) is 6.34. The molecule has 3 amide bonds. The lowest BCUT2D eigenvalue weighted by Crippen LogP contribution is -2.49. The number of ether oxygens (including phenoxy) is 1. The molecule has 2 aromatic rings. The molecule has 1 atom stereocenters. The van der Waals surface area contributed by atoms with Crippen LogP contribution in [0.2, 0.25) is 0 Å². The molecule has 0 aliphatic carbocycles. The van der Waals surface area contributed by atoms with Crippen LogP contribution in [0.15, 0.2) is 59.8 Å². The van der Waals surface area contributed by atoms with Crippen LogP contribution in [0.3, 0.4) is 0 Å². The Balaban J connectivity index is 1.60. The third kappa shape index (κ3) is 5.83. The minimum atomic E-state index is -0.635. The Kier molecular flexibility index (Phi) is 8.23. The van der Waals surface area contributed by atoms with Gasteiger partial charge in [0, 0.05) is 45.5 Å². The molecule has 4 rings (SSSR count). The average Bonchev–Trinajstić information content (AvgIpc) is 3.12. The highest BCUT2D eigenvalue weighted by atomic mass is 19.1. The van der Waals surface area contributed by atoms with Gasteiger partial charge in [-0.15, -0.1) is 0 Å². The predicted molar refractivity (Wildman–Crippen MR) is 137 cm³/mol. The van der Waals surface area contributed by atoms with Crippen LogP contribution in [0, 0.1) is 12.7 Å². The molecule has 1 unspecified atom stereocenters. The second-order valence-electron chi connectivity index (χ2n) is 9.34. The highest BCUT2D eigenvalue weighted by molar-refractivity contribution is 5.95. The van der Waals surface area contributed by atoms with E-state index in [4.69, 9.17) is 4.74 Å². The number of hydrogen-bond acceptors (Lipinski definition) is 5. The minimum Gasteiger partial charge on any atom is -0.463 e. The van der Waals surface area contributed by atoms with Gasteiger partial charge in [-0.2, -0.15) is 0 Å². The van der Waals surface area contributed by atoms with Crippen molar-refractivity contribution in [2.24, 2.45) is 0 Å². The molecule has 1 N–H and O–H groups in total. The lowest BCUT2D eigenvalue weighted by Gasteiger charge is -2.36. The first-order valence-corrected chi connectivity index (χ1v) is 12.6. The lowest BCUT2D eigenvalue weighted by atomic mass is 9.93. The van der Waals surface area contributed by atoms with Gasteiger partial charge in [0.25, 0.3) is 5.91 Å². The number of amides is 3. The van der Waals surface area contributed by atoms with Crippen LogP contribution in [0.25, 0.3) is 0 Å². The molecule has 0 saturated carbocycles. The molecule has 196 valence electrons. The number of nitrogens with one attached hydrogen (secondary N) is 1. The molecular weight excluding hydrogens is 475 g/mol. The average molecular weight is 509 g/mol. The fraction of sp³-hybridized carbons (Fsp3) is 0.393. The fourth-order valence-corrected chi connectivity index (χ4v) is 4.85. The van der Waals surface area contributed by atoms with E-state index in [1.807, 2.05) is 31.2 Å². The summed E-state index contributed by atoms with van der Waals surface area (Å²) in [5, 5.41) is 2.95. The van der Waals surface area contributed by atoms with Gasteiger partial charge in [-0.3, -0.25) is 14.6 Å². The van der Waals surface area contributed by atoms with Gasteiger partial charge in [-0.1, -0.05) is 42.0 Å². The summed E-state index contributed by atoms with van der Waals surface area (Å²) >= 11 is 0. The zero-order valence-electron chi connectivity index (χ0n) is 21.5. The first kappa shape index (κ1) is 26.3. The SMILES string of the molecule is CCOC(=O)C1=C(CN2CCCN(C(=O)c3ccccc3F)CC2)N(C)C(=O)NC1c1cccc(C)c1. The Labute approximate surface area is 216 Å². The molecule has 2 aliphatic heterocycles. The number of benzene rings is 2. The van der Waals surface area contributed by atoms with Gasteiger partial charge in [0.1, 0.15) is 5.82 Å².